The highest BCUT2D eigenvalue weighted by molar-refractivity contribution is 7.89. The van der Waals surface area contributed by atoms with Crippen LogP contribution in [0.3, 0.4) is 0 Å². The molecule has 2 aromatic carbocycles. The average Bonchev–Trinajstić information content (AvgIpc) is 3.21. The molecule has 0 bridgehead atoms. The zero-order chi connectivity index (χ0) is 21.7. The summed E-state index contributed by atoms with van der Waals surface area (Å²) in [5, 5.41) is 3.44. The number of carbonyl (C=O) groups excluding carboxylic acids is 1. The first-order valence-corrected chi connectivity index (χ1v) is 11.2. The number of rotatable bonds is 8. The van der Waals surface area contributed by atoms with Crippen molar-refractivity contribution in [1.82, 2.24) is 9.62 Å². The molecule has 0 fully saturated rings. The number of hydrogen-bond donors (Lipinski definition) is 1. The lowest BCUT2D eigenvalue weighted by Gasteiger charge is -2.22. The summed E-state index contributed by atoms with van der Waals surface area (Å²) in [6.07, 6.45) is 1.47. The predicted molar refractivity (Wildman–Crippen MR) is 115 cm³/mol. The smallest absolute Gasteiger partial charge is 0.243 e. The van der Waals surface area contributed by atoms with E-state index in [0.29, 0.717) is 10.8 Å². The molecule has 1 unspecified atom stereocenters. The van der Waals surface area contributed by atoms with Gasteiger partial charge in [-0.2, -0.15) is 4.31 Å². The van der Waals surface area contributed by atoms with E-state index in [0.717, 1.165) is 15.4 Å². The van der Waals surface area contributed by atoms with Crippen molar-refractivity contribution in [1.29, 1.82) is 0 Å². The molecule has 0 aliphatic heterocycles. The number of halogens is 1. The molecule has 0 radical (unpaired) electrons. The third-order valence-electron chi connectivity index (χ3n) is 4.64. The summed E-state index contributed by atoms with van der Waals surface area (Å²) < 4.78 is 32.8. The van der Waals surface area contributed by atoms with Crippen molar-refractivity contribution < 1.29 is 17.6 Å². The quantitative estimate of drug-likeness (QED) is 0.559. The number of nitrogens with zero attached hydrogens (tertiary/aromatic N) is 1. The molecular weight excluding hydrogens is 424 g/mol. The minimum atomic E-state index is -3.90. The Kier molecular flexibility index (Phi) is 6.97. The van der Waals surface area contributed by atoms with Crippen LogP contribution in [0.1, 0.15) is 29.9 Å². The van der Waals surface area contributed by atoms with E-state index in [9.17, 15) is 13.2 Å². The van der Waals surface area contributed by atoms with E-state index in [1.54, 1.807) is 36.4 Å². The third-order valence-corrected chi connectivity index (χ3v) is 6.70. The Morgan fingerprint density at radius 1 is 1.10 bits per heavy atom. The summed E-state index contributed by atoms with van der Waals surface area (Å²) in [5.41, 5.74) is 1.81. The van der Waals surface area contributed by atoms with Gasteiger partial charge in [-0.15, -0.1) is 0 Å². The van der Waals surface area contributed by atoms with Gasteiger partial charge in [0.15, 0.2) is 0 Å². The summed E-state index contributed by atoms with van der Waals surface area (Å²) in [6.45, 7) is 3.32. The molecule has 158 valence electrons. The van der Waals surface area contributed by atoms with Gasteiger partial charge in [0.2, 0.25) is 15.9 Å². The molecule has 0 aliphatic carbocycles. The average molecular weight is 447 g/mol. The molecule has 3 aromatic rings. The zero-order valence-corrected chi connectivity index (χ0v) is 18.3. The molecule has 0 aliphatic rings. The zero-order valence-electron chi connectivity index (χ0n) is 16.7. The second kappa shape index (κ2) is 9.47. The van der Waals surface area contributed by atoms with Crippen LogP contribution < -0.4 is 5.32 Å². The van der Waals surface area contributed by atoms with Gasteiger partial charge in [0.25, 0.3) is 0 Å². The van der Waals surface area contributed by atoms with Crippen LogP contribution in [0.25, 0.3) is 0 Å². The number of amides is 1. The molecule has 0 saturated heterocycles. The van der Waals surface area contributed by atoms with Crippen molar-refractivity contribution in [3.05, 3.63) is 88.8 Å². The van der Waals surface area contributed by atoms with E-state index >= 15 is 0 Å². The topological polar surface area (TPSA) is 79.6 Å². The van der Waals surface area contributed by atoms with Crippen LogP contribution in [0.5, 0.6) is 0 Å². The summed E-state index contributed by atoms with van der Waals surface area (Å²) in [5.74, 6) is 0.0314. The Morgan fingerprint density at radius 3 is 2.37 bits per heavy atom. The fraction of sp³-hybridized carbons (Fsp3) is 0.227. The fourth-order valence-corrected chi connectivity index (χ4v) is 4.43. The van der Waals surface area contributed by atoms with Crippen molar-refractivity contribution in [2.24, 2.45) is 0 Å². The SMILES string of the molecule is Cc1ccc(S(=O)(=O)N(CC(=O)NC(C)c2ccc(Cl)cc2)Cc2ccco2)cc1. The van der Waals surface area contributed by atoms with Crippen LogP contribution in [0.4, 0.5) is 0 Å². The normalized spacial score (nSPS) is 12.7. The second-order valence-electron chi connectivity index (χ2n) is 7.01. The molecule has 8 heteroatoms. The summed E-state index contributed by atoms with van der Waals surface area (Å²) >= 11 is 5.91. The van der Waals surface area contributed by atoms with Gasteiger partial charge in [0.1, 0.15) is 5.76 Å². The van der Waals surface area contributed by atoms with Crippen LogP contribution in [0.2, 0.25) is 5.02 Å². The maximum Gasteiger partial charge on any atom is 0.243 e. The van der Waals surface area contributed by atoms with E-state index in [1.807, 2.05) is 26.0 Å². The second-order valence-corrected chi connectivity index (χ2v) is 9.38. The molecule has 1 heterocycles. The molecule has 6 nitrogen and oxygen atoms in total. The number of sulfonamides is 1. The van der Waals surface area contributed by atoms with Gasteiger partial charge >= 0.3 is 0 Å². The van der Waals surface area contributed by atoms with Crippen molar-refractivity contribution in [2.45, 2.75) is 31.3 Å². The Labute approximate surface area is 181 Å². The van der Waals surface area contributed by atoms with Crippen LogP contribution in [-0.2, 0) is 21.4 Å². The highest BCUT2D eigenvalue weighted by Crippen LogP contribution is 2.20. The molecule has 1 aromatic heterocycles. The van der Waals surface area contributed by atoms with Gasteiger partial charge < -0.3 is 9.73 Å². The van der Waals surface area contributed by atoms with Gasteiger partial charge in [-0.05, 0) is 55.8 Å². The van der Waals surface area contributed by atoms with E-state index in [4.69, 9.17) is 16.0 Å². The van der Waals surface area contributed by atoms with Gasteiger partial charge in [0.05, 0.1) is 30.3 Å². The maximum atomic E-state index is 13.2. The first-order chi connectivity index (χ1) is 14.3. The first-order valence-electron chi connectivity index (χ1n) is 9.40. The number of carbonyl (C=O) groups is 1. The Hall–Kier alpha value is -2.61. The molecule has 1 N–H and O–H groups in total. The Bertz CT molecular complexity index is 1080. The lowest BCUT2D eigenvalue weighted by atomic mass is 10.1. The molecule has 30 heavy (non-hydrogen) atoms. The van der Waals surface area contributed by atoms with Gasteiger partial charge in [-0.1, -0.05) is 41.4 Å². The summed E-state index contributed by atoms with van der Waals surface area (Å²) in [4.78, 5) is 12.8. The molecule has 3 rings (SSSR count). The maximum absolute atomic E-state index is 13.2. The Morgan fingerprint density at radius 2 is 1.77 bits per heavy atom. The minimum absolute atomic E-state index is 0.0496. The Balaban J connectivity index is 1.79. The third kappa shape index (κ3) is 5.50. The van der Waals surface area contributed by atoms with E-state index in [2.05, 4.69) is 5.32 Å². The van der Waals surface area contributed by atoms with Gasteiger partial charge in [-0.3, -0.25) is 4.79 Å². The van der Waals surface area contributed by atoms with Crippen molar-refractivity contribution in [3.63, 3.8) is 0 Å². The fourth-order valence-electron chi connectivity index (χ4n) is 2.94. The van der Waals surface area contributed by atoms with Gasteiger partial charge in [-0.25, -0.2) is 8.42 Å². The number of nitrogens with one attached hydrogen (secondary N) is 1. The number of furan rings is 1. The van der Waals surface area contributed by atoms with E-state index in [-0.39, 0.29) is 24.0 Å². The van der Waals surface area contributed by atoms with Crippen LogP contribution >= 0.6 is 11.6 Å². The van der Waals surface area contributed by atoms with Crippen LogP contribution in [0.15, 0.2) is 76.2 Å². The summed E-state index contributed by atoms with van der Waals surface area (Å²) in [7, 11) is -3.90. The monoisotopic (exact) mass is 446 g/mol. The van der Waals surface area contributed by atoms with Crippen LogP contribution in [-0.4, -0.2) is 25.2 Å². The van der Waals surface area contributed by atoms with Crippen molar-refractivity contribution in [3.8, 4) is 0 Å². The van der Waals surface area contributed by atoms with Gasteiger partial charge in [0, 0.05) is 5.02 Å². The van der Waals surface area contributed by atoms with Crippen molar-refractivity contribution in [2.75, 3.05) is 6.54 Å². The minimum Gasteiger partial charge on any atom is -0.468 e. The molecule has 1 atom stereocenters. The van der Waals surface area contributed by atoms with E-state index in [1.165, 1.54) is 18.4 Å². The highest BCUT2D eigenvalue weighted by Gasteiger charge is 2.28. The number of benzene rings is 2. The molecule has 0 spiro atoms. The largest absolute Gasteiger partial charge is 0.468 e. The first kappa shape index (κ1) is 22.1. The van der Waals surface area contributed by atoms with Crippen molar-refractivity contribution >= 4 is 27.5 Å². The lowest BCUT2D eigenvalue weighted by Crippen LogP contribution is -2.41. The molecule has 1 amide bonds. The van der Waals surface area contributed by atoms with Crippen LogP contribution in [0, 0.1) is 6.92 Å². The van der Waals surface area contributed by atoms with E-state index < -0.39 is 15.9 Å². The standard InChI is InChI=1S/C22H23ClN2O4S/c1-16-5-11-21(12-6-16)30(27,28)25(14-20-4-3-13-29-20)15-22(26)24-17(2)18-7-9-19(23)10-8-18/h3-13,17H,14-15H2,1-2H3,(H,24,26). The highest BCUT2D eigenvalue weighted by atomic mass is 35.5. The number of hydrogen-bond acceptors (Lipinski definition) is 4. The lowest BCUT2D eigenvalue weighted by molar-refractivity contribution is -0.122. The number of aryl methyl sites for hydroxylation is 1. The molecular formula is C22H23ClN2O4S. The predicted octanol–water partition coefficient (Wildman–Crippen LogP) is 4.31. The summed E-state index contributed by atoms with van der Waals surface area (Å²) in [6, 6.07) is 16.7. The molecule has 0 saturated carbocycles.